The number of nitrogens with two attached hydrogens (primary N) is 1. The van der Waals surface area contributed by atoms with Gasteiger partial charge in [-0.1, -0.05) is 0 Å². The molecule has 0 heterocycles. The maximum atomic E-state index is 8.71. The van der Waals surface area contributed by atoms with Crippen molar-refractivity contribution in [3.05, 3.63) is 0 Å². The van der Waals surface area contributed by atoms with Crippen molar-refractivity contribution in [2.45, 2.75) is 58.3 Å². The van der Waals surface area contributed by atoms with E-state index in [0.717, 1.165) is 0 Å². The highest BCUT2D eigenvalue weighted by Gasteiger charge is 2.24. The zero-order chi connectivity index (χ0) is 10.7. The molecule has 0 aromatic rings. The molecule has 0 aliphatic rings. The highest BCUT2D eigenvalue weighted by Crippen LogP contribution is 2.17. The molecule has 76 valence electrons. The van der Waals surface area contributed by atoms with E-state index in [9.17, 15) is 0 Å². The van der Waals surface area contributed by atoms with Crippen LogP contribution in [0.3, 0.4) is 0 Å². The van der Waals surface area contributed by atoms with Crippen molar-refractivity contribution in [2.24, 2.45) is 5.73 Å². The largest absolute Gasteiger partial charge is 0.373 e. The summed E-state index contributed by atoms with van der Waals surface area (Å²) in [6, 6.07) is 2.06. The summed E-state index contributed by atoms with van der Waals surface area (Å²) >= 11 is 0. The molecular weight excluding hydrogens is 164 g/mol. The second-order valence-electron chi connectivity index (χ2n) is 4.77. The first kappa shape index (κ1) is 12.4. The lowest BCUT2D eigenvalue weighted by molar-refractivity contribution is -0.0584. The fraction of sp³-hybridized carbons (Fsp3) is 0.900. The highest BCUT2D eigenvalue weighted by molar-refractivity contribution is 5.01. The van der Waals surface area contributed by atoms with E-state index in [1.54, 1.807) is 6.92 Å². The van der Waals surface area contributed by atoms with Crippen molar-refractivity contribution < 1.29 is 4.74 Å². The summed E-state index contributed by atoms with van der Waals surface area (Å²) in [6.45, 7) is 9.63. The van der Waals surface area contributed by atoms with Crippen LogP contribution >= 0.6 is 0 Å². The molecule has 2 N–H and O–H groups in total. The van der Waals surface area contributed by atoms with Crippen molar-refractivity contribution in [1.29, 1.82) is 5.26 Å². The molecule has 2 unspecified atom stereocenters. The summed E-state index contributed by atoms with van der Waals surface area (Å²) in [4.78, 5) is 0. The van der Waals surface area contributed by atoms with Crippen LogP contribution in [0.25, 0.3) is 0 Å². The first-order valence-electron chi connectivity index (χ1n) is 4.54. The maximum Gasteiger partial charge on any atom is 0.103 e. The van der Waals surface area contributed by atoms with Gasteiger partial charge in [-0.3, -0.25) is 0 Å². The van der Waals surface area contributed by atoms with E-state index < -0.39 is 5.54 Å². The van der Waals surface area contributed by atoms with E-state index in [-0.39, 0.29) is 11.7 Å². The lowest BCUT2D eigenvalue weighted by atomic mass is 9.98. The van der Waals surface area contributed by atoms with Gasteiger partial charge in [-0.05, 0) is 34.6 Å². The van der Waals surface area contributed by atoms with E-state index in [0.29, 0.717) is 6.42 Å². The Morgan fingerprint density at radius 3 is 2.15 bits per heavy atom. The van der Waals surface area contributed by atoms with Gasteiger partial charge < -0.3 is 10.5 Å². The van der Waals surface area contributed by atoms with Gasteiger partial charge in [0.1, 0.15) is 5.54 Å². The molecule has 0 rings (SSSR count). The minimum Gasteiger partial charge on any atom is -0.373 e. The van der Waals surface area contributed by atoms with Gasteiger partial charge in [0, 0.05) is 6.42 Å². The van der Waals surface area contributed by atoms with Crippen LogP contribution in [0.1, 0.15) is 41.0 Å². The summed E-state index contributed by atoms with van der Waals surface area (Å²) in [5.41, 5.74) is 4.73. The molecule has 0 saturated heterocycles. The van der Waals surface area contributed by atoms with Gasteiger partial charge in [-0.15, -0.1) is 0 Å². The average Bonchev–Trinajstić information content (AvgIpc) is 1.81. The molecular formula is C10H20N2O. The quantitative estimate of drug-likeness (QED) is 0.727. The summed E-state index contributed by atoms with van der Waals surface area (Å²) in [6.07, 6.45) is 0.565. The van der Waals surface area contributed by atoms with Crippen LogP contribution in [-0.4, -0.2) is 17.2 Å². The fourth-order valence-electron chi connectivity index (χ4n) is 1.29. The van der Waals surface area contributed by atoms with Gasteiger partial charge in [0.25, 0.3) is 0 Å². The topological polar surface area (TPSA) is 59.0 Å². The molecule has 2 atom stereocenters. The van der Waals surface area contributed by atoms with Crippen LogP contribution in [-0.2, 0) is 4.74 Å². The molecule has 0 bridgehead atoms. The number of ether oxygens (including phenoxy) is 1. The second-order valence-corrected chi connectivity index (χ2v) is 4.77. The molecule has 0 saturated carbocycles. The van der Waals surface area contributed by atoms with Crippen LogP contribution < -0.4 is 5.73 Å². The van der Waals surface area contributed by atoms with Crippen molar-refractivity contribution in [3.8, 4) is 6.07 Å². The van der Waals surface area contributed by atoms with E-state index >= 15 is 0 Å². The predicted octanol–water partition coefficient (Wildman–Crippen LogP) is 1.82. The smallest absolute Gasteiger partial charge is 0.103 e. The molecule has 0 aliphatic heterocycles. The van der Waals surface area contributed by atoms with Crippen LogP contribution in [0.2, 0.25) is 0 Å². The molecule has 13 heavy (non-hydrogen) atoms. The first-order chi connectivity index (χ1) is 5.66. The molecule has 3 heteroatoms. The number of hydrogen-bond donors (Lipinski definition) is 1. The van der Waals surface area contributed by atoms with E-state index in [1.807, 2.05) is 27.7 Å². The zero-order valence-corrected chi connectivity index (χ0v) is 9.22. The summed E-state index contributed by atoms with van der Waals surface area (Å²) in [7, 11) is 0. The van der Waals surface area contributed by atoms with E-state index in [2.05, 4.69) is 6.07 Å². The number of rotatable bonds is 3. The van der Waals surface area contributed by atoms with Crippen LogP contribution in [0, 0.1) is 11.3 Å². The van der Waals surface area contributed by atoms with Gasteiger partial charge in [0.05, 0.1) is 17.8 Å². The third-order valence-corrected chi connectivity index (χ3v) is 1.52. The Morgan fingerprint density at radius 1 is 1.38 bits per heavy atom. The average molecular weight is 184 g/mol. The van der Waals surface area contributed by atoms with Crippen molar-refractivity contribution in [1.82, 2.24) is 0 Å². The Bertz CT molecular complexity index is 198. The van der Waals surface area contributed by atoms with Crippen LogP contribution in [0.4, 0.5) is 0 Å². The van der Waals surface area contributed by atoms with Crippen molar-refractivity contribution in [3.63, 3.8) is 0 Å². The molecule has 0 amide bonds. The zero-order valence-electron chi connectivity index (χ0n) is 9.22. The van der Waals surface area contributed by atoms with Crippen LogP contribution in [0.15, 0.2) is 0 Å². The van der Waals surface area contributed by atoms with E-state index in [4.69, 9.17) is 15.7 Å². The predicted molar refractivity (Wildman–Crippen MR) is 53.1 cm³/mol. The normalized spacial score (nSPS) is 18.8. The maximum absolute atomic E-state index is 8.71. The molecule has 0 aromatic heterocycles. The molecule has 0 fully saturated rings. The standard InChI is InChI=1S/C10H20N2O/c1-8(13-9(2,3)4)6-10(5,12)7-11/h8H,6,12H2,1-5H3. The summed E-state index contributed by atoms with van der Waals surface area (Å²) < 4.78 is 5.64. The molecule has 3 nitrogen and oxygen atoms in total. The van der Waals surface area contributed by atoms with Crippen molar-refractivity contribution >= 4 is 0 Å². The van der Waals surface area contributed by atoms with Crippen LogP contribution in [0.5, 0.6) is 0 Å². The Labute approximate surface area is 80.9 Å². The Hall–Kier alpha value is -0.590. The minimum atomic E-state index is -0.787. The molecule has 0 spiro atoms. The summed E-state index contributed by atoms with van der Waals surface area (Å²) in [5, 5.41) is 8.71. The highest BCUT2D eigenvalue weighted by atomic mass is 16.5. The minimum absolute atomic E-state index is 0.00894. The van der Waals surface area contributed by atoms with Crippen molar-refractivity contribution in [2.75, 3.05) is 0 Å². The molecule has 0 aliphatic carbocycles. The Balaban J connectivity index is 4.04. The second kappa shape index (κ2) is 4.08. The van der Waals surface area contributed by atoms with Gasteiger partial charge in [-0.2, -0.15) is 5.26 Å². The van der Waals surface area contributed by atoms with Gasteiger partial charge in [0.2, 0.25) is 0 Å². The summed E-state index contributed by atoms with van der Waals surface area (Å²) in [5.74, 6) is 0. The lowest BCUT2D eigenvalue weighted by Crippen LogP contribution is -2.39. The number of nitrogens with zero attached hydrogens (tertiary/aromatic N) is 1. The third kappa shape index (κ3) is 6.56. The lowest BCUT2D eigenvalue weighted by Gasteiger charge is -2.28. The molecule has 0 aromatic carbocycles. The third-order valence-electron chi connectivity index (χ3n) is 1.52. The SMILES string of the molecule is CC(CC(C)(N)C#N)OC(C)(C)C. The number of nitriles is 1. The molecule has 0 radical (unpaired) electrons. The van der Waals surface area contributed by atoms with Gasteiger partial charge in [0.15, 0.2) is 0 Å². The van der Waals surface area contributed by atoms with Gasteiger partial charge in [-0.25, -0.2) is 0 Å². The van der Waals surface area contributed by atoms with Gasteiger partial charge >= 0.3 is 0 Å². The Kier molecular flexibility index (Phi) is 3.89. The van der Waals surface area contributed by atoms with E-state index in [1.165, 1.54) is 0 Å². The Morgan fingerprint density at radius 2 is 1.85 bits per heavy atom. The first-order valence-corrected chi connectivity index (χ1v) is 4.54. The monoisotopic (exact) mass is 184 g/mol. The number of hydrogen-bond acceptors (Lipinski definition) is 3. The fourth-order valence-corrected chi connectivity index (χ4v) is 1.29.